The topological polar surface area (TPSA) is 60.2 Å². The van der Waals surface area contributed by atoms with Crippen molar-refractivity contribution >= 4 is 11.6 Å². The first-order valence-corrected chi connectivity index (χ1v) is 5.68. The molecule has 2 heterocycles. The smallest absolute Gasteiger partial charge is 0.252 e. The summed E-state index contributed by atoms with van der Waals surface area (Å²) in [6, 6.07) is 1.91. The molecule has 5 heteroatoms. The van der Waals surface area contributed by atoms with Gasteiger partial charge in [0.25, 0.3) is 5.78 Å². The number of ketones is 1. The number of rotatable bonds is 3. The highest BCUT2D eigenvalue weighted by Crippen LogP contribution is 2.25. The summed E-state index contributed by atoms with van der Waals surface area (Å²) in [6.07, 6.45) is 1.46. The molecule has 0 amide bonds. The molecule has 1 atom stereocenters. The van der Waals surface area contributed by atoms with Gasteiger partial charge in [-0.1, -0.05) is 13.8 Å². The van der Waals surface area contributed by atoms with Crippen LogP contribution in [0.5, 0.6) is 0 Å². The van der Waals surface area contributed by atoms with Gasteiger partial charge in [0.15, 0.2) is 0 Å². The molecule has 1 unspecified atom stereocenters. The lowest BCUT2D eigenvalue weighted by molar-refractivity contribution is -0.119. The van der Waals surface area contributed by atoms with Crippen molar-refractivity contribution in [3.05, 3.63) is 23.8 Å². The molecule has 0 radical (unpaired) electrons. The quantitative estimate of drug-likeness (QED) is 0.809. The van der Waals surface area contributed by atoms with Gasteiger partial charge in [-0.3, -0.25) is 4.79 Å². The first-order valence-electron chi connectivity index (χ1n) is 5.68. The SMILES string of the molecule is CC(=O)C(c1cc(C)nc2ncnn12)C(C)C. The van der Waals surface area contributed by atoms with Crippen LogP contribution in [0.2, 0.25) is 0 Å². The Hall–Kier alpha value is -1.78. The number of Topliss-reactive ketones (excluding diaryl/α,β-unsaturated/α-hetero) is 1. The second-order valence-corrected chi connectivity index (χ2v) is 4.63. The zero-order valence-corrected chi connectivity index (χ0v) is 10.5. The Bertz CT molecular complexity index is 559. The molecule has 0 bridgehead atoms. The second-order valence-electron chi connectivity index (χ2n) is 4.63. The standard InChI is InChI=1S/C12H16N4O/c1-7(2)11(9(4)17)10-5-8(3)15-12-13-6-14-16(10)12/h5-7,11H,1-4H3. The van der Waals surface area contributed by atoms with Crippen molar-refractivity contribution < 1.29 is 4.79 Å². The summed E-state index contributed by atoms with van der Waals surface area (Å²) >= 11 is 0. The van der Waals surface area contributed by atoms with Crippen molar-refractivity contribution in [2.45, 2.75) is 33.6 Å². The number of carbonyl (C=O) groups excluding carboxylic acids is 1. The van der Waals surface area contributed by atoms with Gasteiger partial charge < -0.3 is 0 Å². The number of aryl methyl sites for hydroxylation is 1. The molecule has 2 aromatic heterocycles. The summed E-state index contributed by atoms with van der Waals surface area (Å²) in [5, 5.41) is 4.14. The van der Waals surface area contributed by atoms with Gasteiger partial charge in [0.1, 0.15) is 12.1 Å². The lowest BCUT2D eigenvalue weighted by atomic mass is 9.88. The van der Waals surface area contributed by atoms with Gasteiger partial charge in [-0.05, 0) is 25.8 Å². The highest BCUT2D eigenvalue weighted by molar-refractivity contribution is 5.83. The van der Waals surface area contributed by atoms with E-state index in [4.69, 9.17) is 0 Å². The predicted molar refractivity (Wildman–Crippen MR) is 63.8 cm³/mol. The molecular weight excluding hydrogens is 216 g/mol. The number of carbonyl (C=O) groups is 1. The average molecular weight is 232 g/mol. The van der Waals surface area contributed by atoms with E-state index in [2.05, 4.69) is 15.1 Å². The van der Waals surface area contributed by atoms with Crippen molar-refractivity contribution in [3.8, 4) is 0 Å². The van der Waals surface area contributed by atoms with E-state index in [1.54, 1.807) is 11.4 Å². The van der Waals surface area contributed by atoms with Gasteiger partial charge in [0, 0.05) is 5.69 Å². The molecule has 0 fully saturated rings. The minimum Gasteiger partial charge on any atom is -0.299 e. The normalized spacial score (nSPS) is 13.2. The Morgan fingerprint density at radius 1 is 1.41 bits per heavy atom. The Kier molecular flexibility index (Phi) is 2.92. The molecule has 0 spiro atoms. The number of nitrogens with zero attached hydrogens (tertiary/aromatic N) is 4. The maximum Gasteiger partial charge on any atom is 0.252 e. The van der Waals surface area contributed by atoms with Crippen LogP contribution >= 0.6 is 0 Å². The zero-order valence-electron chi connectivity index (χ0n) is 10.5. The van der Waals surface area contributed by atoms with Crippen molar-refractivity contribution in [1.29, 1.82) is 0 Å². The maximum atomic E-state index is 11.8. The molecule has 2 rings (SSSR count). The fourth-order valence-electron chi connectivity index (χ4n) is 2.20. The van der Waals surface area contributed by atoms with Gasteiger partial charge in [0.05, 0.1) is 11.6 Å². The van der Waals surface area contributed by atoms with Crippen molar-refractivity contribution in [2.24, 2.45) is 5.92 Å². The number of fused-ring (bicyclic) bond motifs is 1. The van der Waals surface area contributed by atoms with Crippen LogP contribution in [0, 0.1) is 12.8 Å². The van der Waals surface area contributed by atoms with Crippen LogP contribution in [0.25, 0.3) is 5.78 Å². The summed E-state index contributed by atoms with van der Waals surface area (Å²) in [4.78, 5) is 20.1. The van der Waals surface area contributed by atoms with Crippen LogP contribution in [0.3, 0.4) is 0 Å². The minimum atomic E-state index is -0.166. The van der Waals surface area contributed by atoms with E-state index < -0.39 is 0 Å². The van der Waals surface area contributed by atoms with E-state index in [1.807, 2.05) is 26.8 Å². The van der Waals surface area contributed by atoms with Crippen molar-refractivity contribution in [3.63, 3.8) is 0 Å². The van der Waals surface area contributed by atoms with Crippen LogP contribution in [-0.2, 0) is 4.79 Å². The Balaban J connectivity index is 2.67. The van der Waals surface area contributed by atoms with E-state index in [0.29, 0.717) is 5.78 Å². The van der Waals surface area contributed by atoms with E-state index >= 15 is 0 Å². The molecule has 0 saturated carbocycles. The summed E-state index contributed by atoms with van der Waals surface area (Å²) < 4.78 is 1.65. The molecule has 0 aliphatic carbocycles. The number of hydrogen-bond acceptors (Lipinski definition) is 4. The van der Waals surface area contributed by atoms with Crippen LogP contribution in [0.1, 0.15) is 38.1 Å². The van der Waals surface area contributed by atoms with Crippen molar-refractivity contribution in [2.75, 3.05) is 0 Å². The van der Waals surface area contributed by atoms with Gasteiger partial charge >= 0.3 is 0 Å². The molecule has 0 saturated heterocycles. The third-order valence-corrected chi connectivity index (χ3v) is 2.83. The summed E-state index contributed by atoms with van der Waals surface area (Å²) in [5.41, 5.74) is 1.72. The maximum absolute atomic E-state index is 11.8. The molecular formula is C12H16N4O. The van der Waals surface area contributed by atoms with Crippen LogP contribution < -0.4 is 0 Å². The molecule has 0 N–H and O–H groups in total. The molecule has 17 heavy (non-hydrogen) atoms. The van der Waals surface area contributed by atoms with Crippen LogP contribution in [0.15, 0.2) is 12.4 Å². The van der Waals surface area contributed by atoms with Gasteiger partial charge in [-0.2, -0.15) is 10.1 Å². The Morgan fingerprint density at radius 2 is 2.12 bits per heavy atom. The molecule has 0 aliphatic heterocycles. The lowest BCUT2D eigenvalue weighted by Gasteiger charge is -2.18. The number of aromatic nitrogens is 4. The van der Waals surface area contributed by atoms with Crippen molar-refractivity contribution in [1.82, 2.24) is 19.6 Å². The fourth-order valence-corrected chi connectivity index (χ4v) is 2.20. The molecule has 0 aromatic carbocycles. The molecule has 5 nitrogen and oxygen atoms in total. The fraction of sp³-hybridized carbons (Fsp3) is 0.500. The summed E-state index contributed by atoms with van der Waals surface area (Å²) in [5.74, 6) is 0.747. The first-order chi connectivity index (χ1) is 8.00. The third-order valence-electron chi connectivity index (χ3n) is 2.83. The van der Waals surface area contributed by atoms with Gasteiger partial charge in [-0.15, -0.1) is 0 Å². The second kappa shape index (κ2) is 4.24. The molecule has 90 valence electrons. The lowest BCUT2D eigenvalue weighted by Crippen LogP contribution is -2.19. The summed E-state index contributed by atoms with van der Waals surface area (Å²) in [6.45, 7) is 7.58. The van der Waals surface area contributed by atoms with Gasteiger partial charge in [0.2, 0.25) is 0 Å². The summed E-state index contributed by atoms with van der Waals surface area (Å²) in [7, 11) is 0. The van der Waals surface area contributed by atoms with E-state index in [9.17, 15) is 4.79 Å². The zero-order chi connectivity index (χ0) is 12.6. The minimum absolute atomic E-state index is 0.141. The molecule has 2 aromatic rings. The van der Waals surface area contributed by atoms with E-state index in [-0.39, 0.29) is 17.6 Å². The largest absolute Gasteiger partial charge is 0.299 e. The Morgan fingerprint density at radius 3 is 2.71 bits per heavy atom. The highest BCUT2D eigenvalue weighted by Gasteiger charge is 2.24. The highest BCUT2D eigenvalue weighted by atomic mass is 16.1. The monoisotopic (exact) mass is 232 g/mol. The van der Waals surface area contributed by atoms with E-state index in [0.717, 1.165) is 11.4 Å². The van der Waals surface area contributed by atoms with Crippen LogP contribution in [-0.4, -0.2) is 25.4 Å². The van der Waals surface area contributed by atoms with Gasteiger partial charge in [-0.25, -0.2) is 9.50 Å². The van der Waals surface area contributed by atoms with Crippen LogP contribution in [0.4, 0.5) is 0 Å². The van der Waals surface area contributed by atoms with E-state index in [1.165, 1.54) is 6.33 Å². The predicted octanol–water partition coefficient (Wildman–Crippen LogP) is 1.76. The number of hydrogen-bond donors (Lipinski definition) is 0. The Labute approximate surface area is 99.9 Å². The first kappa shape index (κ1) is 11.7. The third kappa shape index (κ3) is 2.05. The average Bonchev–Trinajstić information content (AvgIpc) is 2.63. The molecule has 0 aliphatic rings.